The van der Waals surface area contributed by atoms with Crippen molar-refractivity contribution in [2.24, 2.45) is 0 Å². The molecule has 45 heavy (non-hydrogen) atoms. The van der Waals surface area contributed by atoms with Crippen LogP contribution in [-0.4, -0.2) is 98.1 Å². The van der Waals surface area contributed by atoms with Crippen LogP contribution in [0.25, 0.3) is 0 Å². The van der Waals surface area contributed by atoms with Crippen LogP contribution in [0.5, 0.6) is 0 Å². The highest BCUT2D eigenvalue weighted by molar-refractivity contribution is 7.90. The summed E-state index contributed by atoms with van der Waals surface area (Å²) >= 11 is 0. The number of sulfone groups is 1. The Morgan fingerprint density at radius 3 is 1.96 bits per heavy atom. The number of amides is 6. The fourth-order valence-corrected chi connectivity index (χ4v) is 5.75. The minimum absolute atomic E-state index is 0.0742. The number of nitriles is 1. The van der Waals surface area contributed by atoms with Gasteiger partial charge in [0.2, 0.25) is 23.6 Å². The Morgan fingerprint density at radius 2 is 1.42 bits per heavy atom. The molecule has 0 atom stereocenters. The number of aromatic nitrogens is 1. The summed E-state index contributed by atoms with van der Waals surface area (Å²) in [6.07, 6.45) is 2.87. The number of alkyl carbamates (subject to hydrolysis) is 1. The Bertz CT molecular complexity index is 1530. The summed E-state index contributed by atoms with van der Waals surface area (Å²) in [5, 5.41) is 23.8. The predicted molar refractivity (Wildman–Crippen MR) is 155 cm³/mol. The molecule has 244 valence electrons. The zero-order valence-corrected chi connectivity index (χ0v) is 26.1. The van der Waals surface area contributed by atoms with Gasteiger partial charge in [0.05, 0.1) is 36.3 Å². The second-order valence-corrected chi connectivity index (χ2v) is 14.0. The van der Waals surface area contributed by atoms with E-state index in [0.717, 1.165) is 18.5 Å². The third kappa shape index (κ3) is 9.86. The molecule has 6 N–H and O–H groups in total. The molecule has 1 aromatic heterocycles. The van der Waals surface area contributed by atoms with Crippen LogP contribution in [0.1, 0.15) is 62.4 Å². The van der Waals surface area contributed by atoms with E-state index in [1.165, 1.54) is 0 Å². The van der Waals surface area contributed by atoms with Gasteiger partial charge in [0.1, 0.15) is 11.7 Å². The number of rotatable bonds is 13. The Labute approximate surface area is 259 Å². The van der Waals surface area contributed by atoms with Crippen molar-refractivity contribution >= 4 is 45.5 Å². The third-order valence-electron chi connectivity index (χ3n) is 6.76. The summed E-state index contributed by atoms with van der Waals surface area (Å²) in [4.78, 5) is 76.1. The number of hydrogen-bond acceptors (Lipinski definition) is 11. The molecular weight excluding hydrogens is 612 g/mol. The minimum Gasteiger partial charge on any atom is -0.444 e. The molecule has 0 unspecified atom stereocenters. The SMILES string of the molecule is CC(C)(C)OC(=O)NC12CC(NC(=O)CNC(=O)CNC(=O)CNC(=O)CCNC(=O)c3cnc(S(C)(=O)=O)c(C#N)c3)(C1)C2. The zero-order chi connectivity index (χ0) is 33.6. The Kier molecular flexibility index (Phi) is 10.4. The minimum atomic E-state index is -3.76. The van der Waals surface area contributed by atoms with Crippen molar-refractivity contribution in [3.63, 3.8) is 0 Å². The molecule has 2 bridgehead atoms. The lowest BCUT2D eigenvalue weighted by Crippen LogP contribution is -2.84. The highest BCUT2D eigenvalue weighted by Gasteiger charge is 2.69. The maximum absolute atomic E-state index is 12.3. The molecule has 4 rings (SSSR count). The monoisotopic (exact) mass is 648 g/mol. The first-order valence-electron chi connectivity index (χ1n) is 13.8. The summed E-state index contributed by atoms with van der Waals surface area (Å²) in [7, 11) is -3.76. The van der Waals surface area contributed by atoms with E-state index >= 15 is 0 Å². The lowest BCUT2D eigenvalue weighted by molar-refractivity contribution is -0.141. The summed E-state index contributed by atoms with van der Waals surface area (Å²) in [6, 6.07) is 2.75. The molecule has 0 spiro atoms. The molecule has 3 aliphatic rings. The average Bonchev–Trinajstić information content (AvgIpc) is 2.89. The molecule has 3 aliphatic carbocycles. The highest BCUT2D eigenvalue weighted by atomic mass is 32.2. The fourth-order valence-electron chi connectivity index (χ4n) is 5.01. The van der Waals surface area contributed by atoms with E-state index in [9.17, 15) is 37.2 Å². The summed E-state index contributed by atoms with van der Waals surface area (Å²) < 4.78 is 28.6. The van der Waals surface area contributed by atoms with Crippen LogP contribution in [0.4, 0.5) is 4.79 Å². The quantitative estimate of drug-likeness (QED) is 0.138. The molecule has 0 saturated heterocycles. The van der Waals surface area contributed by atoms with Gasteiger partial charge >= 0.3 is 6.09 Å². The van der Waals surface area contributed by atoms with Crippen LogP contribution >= 0.6 is 0 Å². The second kappa shape index (κ2) is 13.5. The Morgan fingerprint density at radius 1 is 0.889 bits per heavy atom. The first kappa shape index (κ1) is 34.7. The van der Waals surface area contributed by atoms with Crippen LogP contribution < -0.4 is 31.9 Å². The van der Waals surface area contributed by atoms with Crippen molar-refractivity contribution in [2.75, 3.05) is 32.4 Å². The standard InChI is InChI=1S/C27H36N8O9S/c1-25(2,3)44-24(41)35-27-13-26(14-27,15-27)34-21(39)12-32-20(38)11-31-19(37)10-30-18(36)5-6-29-22(40)17-7-16(8-28)23(33-9-17)45(4,42)43/h7,9H,5-6,10-15H2,1-4H3,(H,29,40)(H,30,36)(H,31,37)(H,32,38)(H,34,39)(H,35,41). The molecule has 0 aliphatic heterocycles. The topological polar surface area (TPSA) is 255 Å². The summed E-state index contributed by atoms with van der Waals surface area (Å²) in [5.41, 5.74) is -1.79. The van der Waals surface area contributed by atoms with E-state index in [4.69, 9.17) is 10.00 Å². The van der Waals surface area contributed by atoms with Crippen molar-refractivity contribution in [1.82, 2.24) is 36.9 Å². The molecule has 17 nitrogen and oxygen atoms in total. The number of ether oxygens (including phenoxy) is 1. The van der Waals surface area contributed by atoms with Crippen molar-refractivity contribution in [2.45, 2.75) is 68.2 Å². The van der Waals surface area contributed by atoms with Crippen molar-refractivity contribution in [1.29, 1.82) is 5.26 Å². The molecule has 1 heterocycles. The summed E-state index contributed by atoms with van der Waals surface area (Å²) in [5.74, 6) is -2.96. The normalized spacial score (nSPS) is 19.7. The van der Waals surface area contributed by atoms with Crippen LogP contribution in [0.3, 0.4) is 0 Å². The van der Waals surface area contributed by atoms with E-state index in [1.54, 1.807) is 26.8 Å². The maximum Gasteiger partial charge on any atom is 0.408 e. The second-order valence-electron chi connectivity index (χ2n) is 12.1. The highest BCUT2D eigenvalue weighted by Crippen LogP contribution is 2.60. The van der Waals surface area contributed by atoms with Gasteiger partial charge in [0, 0.05) is 31.0 Å². The maximum atomic E-state index is 12.3. The third-order valence-corrected chi connectivity index (χ3v) is 7.79. The number of hydrogen-bond donors (Lipinski definition) is 6. The summed E-state index contributed by atoms with van der Waals surface area (Å²) in [6.45, 7) is 4.00. The Balaban J connectivity index is 1.25. The molecule has 18 heteroatoms. The van der Waals surface area contributed by atoms with Gasteiger partial charge in [-0.15, -0.1) is 0 Å². The van der Waals surface area contributed by atoms with Gasteiger partial charge in [-0.05, 0) is 46.1 Å². The number of nitrogens with zero attached hydrogens (tertiary/aromatic N) is 2. The largest absolute Gasteiger partial charge is 0.444 e. The van der Waals surface area contributed by atoms with Crippen molar-refractivity contribution in [3.05, 3.63) is 23.4 Å². The fraction of sp³-hybridized carbons (Fsp3) is 0.556. The number of nitrogens with one attached hydrogen (secondary N) is 6. The number of carbonyl (C=O) groups excluding carboxylic acids is 6. The molecular formula is C27H36N8O9S. The van der Waals surface area contributed by atoms with Gasteiger partial charge in [-0.2, -0.15) is 5.26 Å². The van der Waals surface area contributed by atoms with Crippen molar-refractivity contribution < 1.29 is 41.9 Å². The van der Waals surface area contributed by atoms with E-state index in [0.29, 0.717) is 19.3 Å². The smallest absolute Gasteiger partial charge is 0.408 e. The Hall–Kier alpha value is -4.79. The van der Waals surface area contributed by atoms with E-state index in [1.807, 2.05) is 0 Å². The van der Waals surface area contributed by atoms with Gasteiger partial charge in [-0.25, -0.2) is 18.2 Å². The molecule has 3 fully saturated rings. The first-order valence-corrected chi connectivity index (χ1v) is 15.7. The molecule has 3 saturated carbocycles. The van der Waals surface area contributed by atoms with Gasteiger partial charge in [-0.3, -0.25) is 24.0 Å². The molecule has 0 aromatic carbocycles. The molecule has 6 amide bonds. The van der Waals surface area contributed by atoms with Gasteiger partial charge in [0.25, 0.3) is 5.91 Å². The van der Waals surface area contributed by atoms with Crippen LogP contribution in [0, 0.1) is 11.3 Å². The van der Waals surface area contributed by atoms with Gasteiger partial charge in [-0.1, -0.05) is 0 Å². The lowest BCUT2D eigenvalue weighted by Gasteiger charge is -2.70. The number of carbonyl (C=O) groups is 6. The number of pyridine rings is 1. The van der Waals surface area contributed by atoms with Gasteiger partial charge in [0.15, 0.2) is 14.9 Å². The van der Waals surface area contributed by atoms with E-state index < -0.39 is 74.7 Å². The van der Waals surface area contributed by atoms with Crippen LogP contribution in [0.2, 0.25) is 0 Å². The van der Waals surface area contributed by atoms with E-state index in [2.05, 4.69) is 36.9 Å². The van der Waals surface area contributed by atoms with Crippen LogP contribution in [-0.2, 0) is 33.8 Å². The molecule has 0 radical (unpaired) electrons. The zero-order valence-electron chi connectivity index (χ0n) is 25.3. The average molecular weight is 649 g/mol. The predicted octanol–water partition coefficient (Wildman–Crippen LogP) is -1.86. The first-order chi connectivity index (χ1) is 20.8. The lowest BCUT2D eigenvalue weighted by atomic mass is 9.44. The molecule has 1 aromatic rings. The van der Waals surface area contributed by atoms with E-state index in [-0.39, 0.29) is 36.2 Å². The van der Waals surface area contributed by atoms with Crippen molar-refractivity contribution in [3.8, 4) is 6.07 Å². The van der Waals surface area contributed by atoms with Gasteiger partial charge < -0.3 is 36.6 Å². The van der Waals surface area contributed by atoms with Crippen LogP contribution in [0.15, 0.2) is 17.3 Å².